The van der Waals surface area contributed by atoms with E-state index in [2.05, 4.69) is 43.5 Å². The molecule has 0 aliphatic rings. The first-order valence-corrected chi connectivity index (χ1v) is 20.5. The highest BCUT2D eigenvalue weighted by atomic mass is 16.5. The van der Waals surface area contributed by atoms with Gasteiger partial charge in [0.1, 0.15) is 12.6 Å². The van der Waals surface area contributed by atoms with Gasteiger partial charge in [-0.15, -0.1) is 0 Å². The molecular formula is C42H77NO5. The molecule has 6 heteroatoms. The predicted molar refractivity (Wildman–Crippen MR) is 203 cm³/mol. The van der Waals surface area contributed by atoms with Crippen LogP contribution in [0.1, 0.15) is 213 Å². The summed E-state index contributed by atoms with van der Waals surface area (Å²) >= 11 is 0. The molecule has 48 heavy (non-hydrogen) atoms. The molecule has 0 aromatic rings. The van der Waals surface area contributed by atoms with Crippen molar-refractivity contribution in [3.63, 3.8) is 0 Å². The van der Waals surface area contributed by atoms with Crippen molar-refractivity contribution in [2.24, 2.45) is 0 Å². The Balaban J connectivity index is 4.08. The molecule has 0 bridgehead atoms. The van der Waals surface area contributed by atoms with Gasteiger partial charge in [0.2, 0.25) is 5.91 Å². The average molecular weight is 676 g/mol. The van der Waals surface area contributed by atoms with E-state index in [1.54, 1.807) is 0 Å². The Kier molecular flexibility index (Phi) is 36.0. The molecule has 2 N–H and O–H groups in total. The van der Waals surface area contributed by atoms with Gasteiger partial charge in [-0.2, -0.15) is 0 Å². The Hall–Kier alpha value is -2.11. The third-order valence-corrected chi connectivity index (χ3v) is 9.11. The van der Waals surface area contributed by atoms with Crippen LogP contribution in [-0.4, -0.2) is 35.6 Å². The minimum Gasteiger partial charge on any atom is -0.480 e. The molecule has 0 saturated heterocycles. The minimum absolute atomic E-state index is 0.0677. The summed E-state index contributed by atoms with van der Waals surface area (Å²) in [5, 5.41) is 11.0. The van der Waals surface area contributed by atoms with Gasteiger partial charge < -0.3 is 15.2 Å². The number of aliphatic carboxylic acids is 1. The lowest BCUT2D eigenvalue weighted by atomic mass is 10.0. The van der Waals surface area contributed by atoms with Gasteiger partial charge in [-0.3, -0.25) is 14.4 Å². The maximum Gasteiger partial charge on any atom is 0.322 e. The minimum atomic E-state index is -1.02. The number of nitrogens with one attached hydrogen (secondary N) is 1. The van der Waals surface area contributed by atoms with Crippen LogP contribution in [0.2, 0.25) is 0 Å². The molecule has 0 spiro atoms. The Bertz CT molecular complexity index is 793. The van der Waals surface area contributed by atoms with Crippen LogP contribution in [0.15, 0.2) is 24.3 Å². The van der Waals surface area contributed by atoms with Crippen LogP contribution >= 0.6 is 0 Å². The summed E-state index contributed by atoms with van der Waals surface area (Å²) in [7, 11) is 0. The summed E-state index contributed by atoms with van der Waals surface area (Å²) in [6.07, 6.45) is 44.7. The predicted octanol–water partition coefficient (Wildman–Crippen LogP) is 12.3. The molecule has 0 rings (SSSR count). The lowest BCUT2D eigenvalue weighted by Crippen LogP contribution is -2.28. The van der Waals surface area contributed by atoms with E-state index in [0.29, 0.717) is 12.8 Å². The van der Waals surface area contributed by atoms with Gasteiger partial charge >= 0.3 is 11.9 Å². The van der Waals surface area contributed by atoms with Crippen molar-refractivity contribution in [2.75, 3.05) is 6.54 Å². The van der Waals surface area contributed by atoms with Gasteiger partial charge in [-0.05, 0) is 51.0 Å². The second-order valence-corrected chi connectivity index (χ2v) is 13.9. The number of carbonyl (C=O) groups is 3. The lowest BCUT2D eigenvalue weighted by molar-refractivity contribution is -0.147. The smallest absolute Gasteiger partial charge is 0.322 e. The highest BCUT2D eigenvalue weighted by Gasteiger charge is 2.11. The highest BCUT2D eigenvalue weighted by molar-refractivity contribution is 5.80. The first-order chi connectivity index (χ1) is 23.5. The van der Waals surface area contributed by atoms with Gasteiger partial charge in [0.15, 0.2) is 0 Å². The van der Waals surface area contributed by atoms with Crippen molar-refractivity contribution in [3.8, 4) is 0 Å². The van der Waals surface area contributed by atoms with Crippen LogP contribution in [0.4, 0.5) is 0 Å². The number of unbranched alkanes of at least 4 members (excludes halogenated alkanes) is 24. The van der Waals surface area contributed by atoms with Gasteiger partial charge in [-0.1, -0.05) is 173 Å². The third kappa shape index (κ3) is 36.7. The standard InChI is InChI=1S/C42H77NO5/c1-3-5-7-9-11-13-14-15-16-17-18-19-20-21-23-29-33-37-42(47)48-39(34-30-26-22-12-10-8-6-4-2)35-31-27-24-25-28-32-36-40(44)43-38-41(45)46/h12,22,30,34,39H,3-11,13-21,23-29,31-33,35-38H2,1-2H3,(H,43,44)(H,45,46)/b22-12-,34-30-. The maximum absolute atomic E-state index is 12.7. The number of carboxylic acid groups (broad SMARTS) is 1. The van der Waals surface area contributed by atoms with E-state index in [-0.39, 0.29) is 24.5 Å². The zero-order valence-corrected chi connectivity index (χ0v) is 31.6. The van der Waals surface area contributed by atoms with Crippen molar-refractivity contribution < 1.29 is 24.2 Å². The number of allylic oxidation sites excluding steroid dienone is 3. The molecular weight excluding hydrogens is 598 g/mol. The molecule has 0 heterocycles. The number of rotatable bonds is 37. The molecule has 1 atom stereocenters. The summed E-state index contributed by atoms with van der Waals surface area (Å²) in [6, 6.07) is 0. The largest absolute Gasteiger partial charge is 0.480 e. The highest BCUT2D eigenvalue weighted by Crippen LogP contribution is 2.16. The fourth-order valence-corrected chi connectivity index (χ4v) is 6.05. The normalized spacial score (nSPS) is 12.2. The molecule has 1 amide bonds. The maximum atomic E-state index is 12.7. The van der Waals surface area contributed by atoms with E-state index in [1.165, 1.54) is 116 Å². The van der Waals surface area contributed by atoms with Crippen molar-refractivity contribution in [1.29, 1.82) is 0 Å². The van der Waals surface area contributed by atoms with E-state index >= 15 is 0 Å². The van der Waals surface area contributed by atoms with Crippen molar-refractivity contribution >= 4 is 17.8 Å². The zero-order valence-electron chi connectivity index (χ0n) is 31.6. The van der Waals surface area contributed by atoms with Crippen molar-refractivity contribution in [2.45, 2.75) is 219 Å². The molecule has 0 fully saturated rings. The number of hydrogen-bond acceptors (Lipinski definition) is 4. The zero-order chi connectivity index (χ0) is 35.2. The van der Waals surface area contributed by atoms with Gasteiger partial charge in [0.25, 0.3) is 0 Å². The number of ether oxygens (including phenoxy) is 1. The third-order valence-electron chi connectivity index (χ3n) is 9.11. The molecule has 280 valence electrons. The molecule has 0 radical (unpaired) electrons. The molecule has 0 saturated carbocycles. The van der Waals surface area contributed by atoms with Crippen LogP contribution in [0.3, 0.4) is 0 Å². The van der Waals surface area contributed by atoms with Crippen LogP contribution in [0.25, 0.3) is 0 Å². The Morgan fingerprint density at radius 3 is 1.54 bits per heavy atom. The number of hydrogen-bond donors (Lipinski definition) is 2. The SMILES string of the molecule is CCCCC/C=C\C/C=C\C(CCCCCCCCC(=O)NCC(=O)O)OC(=O)CCCCCCCCCCCCCCCCCCC. The fourth-order valence-electron chi connectivity index (χ4n) is 6.05. The molecule has 0 aromatic carbocycles. The number of amides is 1. The second kappa shape index (κ2) is 37.7. The molecule has 0 aromatic heterocycles. The molecule has 1 unspecified atom stereocenters. The lowest BCUT2D eigenvalue weighted by Gasteiger charge is -2.14. The van der Waals surface area contributed by atoms with E-state index in [4.69, 9.17) is 9.84 Å². The topological polar surface area (TPSA) is 92.7 Å². The Labute approximate surface area is 296 Å². The summed E-state index contributed by atoms with van der Waals surface area (Å²) in [5.41, 5.74) is 0. The fraction of sp³-hybridized carbons (Fsp3) is 0.833. The average Bonchev–Trinajstić information content (AvgIpc) is 3.07. The molecule has 0 aliphatic carbocycles. The number of esters is 1. The molecule has 0 aliphatic heterocycles. The van der Waals surface area contributed by atoms with Gasteiger partial charge in [-0.25, -0.2) is 0 Å². The summed E-state index contributed by atoms with van der Waals surface area (Å²) in [6.45, 7) is 4.19. The van der Waals surface area contributed by atoms with Gasteiger partial charge in [0, 0.05) is 12.8 Å². The first kappa shape index (κ1) is 45.9. The second-order valence-electron chi connectivity index (χ2n) is 13.9. The van der Waals surface area contributed by atoms with E-state index in [0.717, 1.165) is 70.6 Å². The van der Waals surface area contributed by atoms with Crippen LogP contribution in [0, 0.1) is 0 Å². The van der Waals surface area contributed by atoms with E-state index < -0.39 is 5.97 Å². The van der Waals surface area contributed by atoms with Crippen LogP contribution in [-0.2, 0) is 19.1 Å². The summed E-state index contributed by atoms with van der Waals surface area (Å²) in [5.74, 6) is -1.28. The van der Waals surface area contributed by atoms with Crippen LogP contribution < -0.4 is 5.32 Å². The Morgan fingerprint density at radius 2 is 1.02 bits per heavy atom. The summed E-state index contributed by atoms with van der Waals surface area (Å²) in [4.78, 5) is 34.8. The van der Waals surface area contributed by atoms with Crippen LogP contribution in [0.5, 0.6) is 0 Å². The van der Waals surface area contributed by atoms with E-state index in [9.17, 15) is 14.4 Å². The van der Waals surface area contributed by atoms with Gasteiger partial charge in [0.05, 0.1) is 0 Å². The quantitative estimate of drug-likeness (QED) is 0.0388. The van der Waals surface area contributed by atoms with Crippen molar-refractivity contribution in [3.05, 3.63) is 24.3 Å². The Morgan fingerprint density at radius 1 is 0.562 bits per heavy atom. The summed E-state index contributed by atoms with van der Waals surface area (Å²) < 4.78 is 5.91. The number of carbonyl (C=O) groups excluding carboxylic acids is 2. The monoisotopic (exact) mass is 676 g/mol. The van der Waals surface area contributed by atoms with E-state index in [1.807, 2.05) is 0 Å². The first-order valence-electron chi connectivity index (χ1n) is 20.5. The number of carboxylic acids is 1. The van der Waals surface area contributed by atoms with Crippen molar-refractivity contribution in [1.82, 2.24) is 5.32 Å². The molecule has 6 nitrogen and oxygen atoms in total.